The van der Waals surface area contributed by atoms with Crippen molar-refractivity contribution < 1.29 is 0 Å². The molecule has 0 radical (unpaired) electrons. The lowest BCUT2D eigenvalue weighted by molar-refractivity contribution is 0.590. The van der Waals surface area contributed by atoms with Crippen LogP contribution in [0.25, 0.3) is 0 Å². The van der Waals surface area contributed by atoms with Crippen molar-refractivity contribution in [3.05, 3.63) is 35.4 Å². The van der Waals surface area contributed by atoms with Crippen LogP contribution in [0.2, 0.25) is 18.1 Å². The molecule has 104 valence electrons. The van der Waals surface area contributed by atoms with Gasteiger partial charge in [-0.1, -0.05) is 72.7 Å². The highest BCUT2D eigenvalue weighted by Gasteiger charge is 2.33. The molecule has 0 bridgehead atoms. The van der Waals surface area contributed by atoms with E-state index in [0.29, 0.717) is 5.04 Å². The molecule has 0 amide bonds. The molecule has 0 saturated heterocycles. The van der Waals surface area contributed by atoms with Gasteiger partial charge < -0.3 is 0 Å². The molecule has 0 spiro atoms. The molecule has 0 unspecified atom stereocenters. The summed E-state index contributed by atoms with van der Waals surface area (Å²) in [6.45, 7) is 18.3. The SMILES string of the molecule is CC(C)(C)c1ccc(C#C[Si](C)(C)C(C)(C)C)cc1. The first-order valence-corrected chi connectivity index (χ1v) is 10.1. The quantitative estimate of drug-likeness (QED) is 0.439. The van der Waals surface area contributed by atoms with Crippen molar-refractivity contribution in [1.29, 1.82) is 0 Å². The second-order valence-corrected chi connectivity index (χ2v) is 13.0. The minimum absolute atomic E-state index is 0.214. The zero-order chi connectivity index (χ0) is 14.9. The minimum atomic E-state index is -1.50. The Bertz CT molecular complexity index is 482. The Balaban J connectivity index is 2.98. The van der Waals surface area contributed by atoms with Gasteiger partial charge in [-0.3, -0.25) is 0 Å². The molecule has 19 heavy (non-hydrogen) atoms. The normalized spacial score (nSPS) is 12.8. The van der Waals surface area contributed by atoms with Crippen molar-refractivity contribution in [2.75, 3.05) is 0 Å². The third kappa shape index (κ3) is 4.25. The van der Waals surface area contributed by atoms with E-state index in [9.17, 15) is 0 Å². The van der Waals surface area contributed by atoms with Crippen molar-refractivity contribution in [1.82, 2.24) is 0 Å². The first kappa shape index (κ1) is 16.1. The van der Waals surface area contributed by atoms with Crippen LogP contribution in [-0.2, 0) is 5.41 Å². The van der Waals surface area contributed by atoms with Gasteiger partial charge in [-0.25, -0.2) is 0 Å². The van der Waals surface area contributed by atoms with Gasteiger partial charge in [0, 0.05) is 5.56 Å². The topological polar surface area (TPSA) is 0 Å². The fraction of sp³-hybridized carbons (Fsp3) is 0.556. The average molecular weight is 273 g/mol. The molecule has 1 aromatic rings. The molecular weight excluding hydrogens is 244 g/mol. The Morgan fingerprint density at radius 2 is 1.32 bits per heavy atom. The van der Waals surface area contributed by atoms with Gasteiger partial charge in [0.2, 0.25) is 0 Å². The van der Waals surface area contributed by atoms with Gasteiger partial charge >= 0.3 is 0 Å². The molecule has 1 heteroatoms. The summed E-state index contributed by atoms with van der Waals surface area (Å²) < 4.78 is 0. The Hall–Kier alpha value is -1.00. The van der Waals surface area contributed by atoms with Crippen LogP contribution >= 0.6 is 0 Å². The molecule has 0 aliphatic heterocycles. The molecule has 0 heterocycles. The fourth-order valence-electron chi connectivity index (χ4n) is 1.47. The number of hydrogen-bond donors (Lipinski definition) is 0. The second kappa shape index (κ2) is 5.17. The van der Waals surface area contributed by atoms with Crippen molar-refractivity contribution in [3.63, 3.8) is 0 Å². The predicted octanol–water partition coefficient (Wildman–Crippen LogP) is 5.38. The van der Waals surface area contributed by atoms with Crippen molar-refractivity contribution in [2.24, 2.45) is 0 Å². The van der Waals surface area contributed by atoms with Crippen LogP contribution in [0.15, 0.2) is 24.3 Å². The van der Waals surface area contributed by atoms with Gasteiger partial charge in [-0.05, 0) is 28.1 Å². The van der Waals surface area contributed by atoms with Gasteiger partial charge in [0.05, 0.1) is 0 Å². The lowest BCUT2D eigenvalue weighted by Crippen LogP contribution is -2.35. The molecular formula is C18H28Si. The predicted molar refractivity (Wildman–Crippen MR) is 89.2 cm³/mol. The molecule has 0 aliphatic rings. The van der Waals surface area contributed by atoms with Gasteiger partial charge in [-0.2, -0.15) is 0 Å². The summed E-state index contributed by atoms with van der Waals surface area (Å²) in [6.07, 6.45) is 0. The van der Waals surface area contributed by atoms with Crippen LogP contribution in [0, 0.1) is 11.5 Å². The monoisotopic (exact) mass is 272 g/mol. The van der Waals surface area contributed by atoms with E-state index in [1.807, 2.05) is 0 Å². The molecule has 0 saturated carbocycles. The Morgan fingerprint density at radius 1 is 0.842 bits per heavy atom. The summed E-state index contributed by atoms with van der Waals surface area (Å²) in [5.74, 6) is 3.38. The highest BCUT2D eigenvalue weighted by atomic mass is 28.3. The molecule has 0 atom stereocenters. The lowest BCUT2D eigenvalue weighted by Gasteiger charge is -2.31. The first-order valence-electron chi connectivity index (χ1n) is 7.07. The molecule has 0 N–H and O–H groups in total. The maximum Gasteiger partial charge on any atom is 0.138 e. The largest absolute Gasteiger partial charge is 0.138 e. The van der Waals surface area contributed by atoms with Crippen molar-refractivity contribution >= 4 is 8.07 Å². The second-order valence-electron chi connectivity index (χ2n) is 7.95. The van der Waals surface area contributed by atoms with E-state index in [-0.39, 0.29) is 5.41 Å². The number of benzene rings is 1. The summed E-state index contributed by atoms with van der Waals surface area (Å²) in [4.78, 5) is 0. The number of hydrogen-bond acceptors (Lipinski definition) is 0. The van der Waals surface area contributed by atoms with E-state index >= 15 is 0 Å². The highest BCUT2D eigenvalue weighted by Crippen LogP contribution is 2.35. The highest BCUT2D eigenvalue weighted by molar-refractivity contribution is 6.87. The average Bonchev–Trinajstić information content (AvgIpc) is 2.24. The maximum absolute atomic E-state index is 3.56. The summed E-state index contributed by atoms with van der Waals surface area (Å²) in [5, 5.41) is 0.325. The Kier molecular flexibility index (Phi) is 4.37. The van der Waals surface area contributed by atoms with Crippen LogP contribution in [0.1, 0.15) is 52.7 Å². The van der Waals surface area contributed by atoms with Crippen LogP contribution in [0.4, 0.5) is 0 Å². The van der Waals surface area contributed by atoms with Crippen LogP contribution in [0.3, 0.4) is 0 Å². The van der Waals surface area contributed by atoms with Crippen LogP contribution < -0.4 is 0 Å². The number of rotatable bonds is 0. The standard InChI is InChI=1S/C18H28Si/c1-17(2,3)16-11-9-15(10-12-16)13-14-19(7,8)18(4,5)6/h9-12H,1-8H3. The third-order valence-electron chi connectivity index (χ3n) is 4.15. The van der Waals surface area contributed by atoms with E-state index in [2.05, 4.69) is 90.4 Å². The van der Waals surface area contributed by atoms with E-state index in [4.69, 9.17) is 0 Å². The third-order valence-corrected chi connectivity index (χ3v) is 8.65. The maximum atomic E-state index is 3.56. The zero-order valence-electron chi connectivity index (χ0n) is 13.8. The first-order chi connectivity index (χ1) is 8.43. The zero-order valence-corrected chi connectivity index (χ0v) is 14.8. The Morgan fingerprint density at radius 3 is 1.68 bits per heavy atom. The lowest BCUT2D eigenvalue weighted by atomic mass is 9.87. The van der Waals surface area contributed by atoms with Crippen LogP contribution in [0.5, 0.6) is 0 Å². The summed E-state index contributed by atoms with van der Waals surface area (Å²) in [7, 11) is -1.50. The summed E-state index contributed by atoms with van der Waals surface area (Å²) in [5.41, 5.74) is 6.28. The van der Waals surface area contributed by atoms with E-state index in [1.54, 1.807) is 0 Å². The molecule has 0 aromatic heterocycles. The van der Waals surface area contributed by atoms with Gasteiger partial charge in [0.25, 0.3) is 0 Å². The molecule has 0 aliphatic carbocycles. The van der Waals surface area contributed by atoms with E-state index in [1.165, 1.54) is 5.56 Å². The minimum Gasteiger partial charge on any atom is -0.126 e. The summed E-state index contributed by atoms with van der Waals surface area (Å²) in [6, 6.07) is 8.72. The fourth-order valence-corrected chi connectivity index (χ4v) is 2.30. The van der Waals surface area contributed by atoms with Gasteiger partial charge in [-0.15, -0.1) is 5.54 Å². The van der Waals surface area contributed by atoms with Crippen molar-refractivity contribution in [2.45, 2.75) is 65.1 Å². The molecule has 0 fully saturated rings. The smallest absolute Gasteiger partial charge is 0.126 e. The van der Waals surface area contributed by atoms with Gasteiger partial charge in [0.15, 0.2) is 0 Å². The molecule has 1 rings (SSSR count). The molecule has 0 nitrogen and oxygen atoms in total. The van der Waals surface area contributed by atoms with E-state index in [0.717, 1.165) is 5.56 Å². The Labute approximate surface area is 120 Å². The van der Waals surface area contributed by atoms with Gasteiger partial charge in [0.1, 0.15) is 8.07 Å². The van der Waals surface area contributed by atoms with Crippen LogP contribution in [-0.4, -0.2) is 8.07 Å². The van der Waals surface area contributed by atoms with Crippen molar-refractivity contribution in [3.8, 4) is 11.5 Å². The summed E-state index contributed by atoms with van der Waals surface area (Å²) >= 11 is 0. The van der Waals surface area contributed by atoms with E-state index < -0.39 is 8.07 Å². The molecule has 1 aromatic carbocycles.